The van der Waals surface area contributed by atoms with Gasteiger partial charge in [-0.25, -0.2) is 4.79 Å². The Hall–Kier alpha value is -1.71. The summed E-state index contributed by atoms with van der Waals surface area (Å²) >= 11 is 0. The molecule has 4 aliphatic carbocycles. The van der Waals surface area contributed by atoms with Gasteiger partial charge in [0.25, 0.3) is 0 Å². The smallest absolute Gasteiger partial charge is 0.350 e. The molecule has 9 nitrogen and oxygen atoms in total. The van der Waals surface area contributed by atoms with Gasteiger partial charge in [-0.3, -0.25) is 9.59 Å². The zero-order valence-corrected chi connectivity index (χ0v) is 27.9. The second kappa shape index (κ2) is 11.0. The highest BCUT2D eigenvalue weighted by Crippen LogP contribution is 2.64. The van der Waals surface area contributed by atoms with Crippen LogP contribution >= 0.6 is 0 Å². The molecule has 0 N–H and O–H groups in total. The van der Waals surface area contributed by atoms with Crippen LogP contribution in [0.1, 0.15) is 121 Å². The van der Waals surface area contributed by atoms with Gasteiger partial charge in [-0.15, -0.1) is 0 Å². The van der Waals surface area contributed by atoms with Gasteiger partial charge in [-0.2, -0.15) is 0 Å². The summed E-state index contributed by atoms with van der Waals surface area (Å²) in [6.07, 6.45) is 6.13. The van der Waals surface area contributed by atoms with Crippen molar-refractivity contribution in [1.29, 1.82) is 0 Å². The molecule has 0 amide bonds. The Bertz CT molecular complexity index is 1070. The SMILES string of the molecule is CCC(C)(C)C(=O)OC(C)(C)C12CC3CC(CC(C3)C1)C2.CCC(C)(C)C(=O)O[C@@H]1C(=O)O[C@H]2C1O[C@@H]1OC(C)(C)O[C@@H]12. The second-order valence-corrected chi connectivity index (χ2v) is 16.4. The quantitative estimate of drug-likeness (QED) is 0.251. The van der Waals surface area contributed by atoms with E-state index in [2.05, 4.69) is 20.8 Å². The van der Waals surface area contributed by atoms with E-state index in [1.54, 1.807) is 27.7 Å². The van der Waals surface area contributed by atoms with Gasteiger partial charge in [-0.1, -0.05) is 13.8 Å². The summed E-state index contributed by atoms with van der Waals surface area (Å²) in [6.45, 7) is 19.4. The van der Waals surface area contributed by atoms with Crippen molar-refractivity contribution >= 4 is 17.9 Å². The number of hydrogen-bond acceptors (Lipinski definition) is 9. The van der Waals surface area contributed by atoms with E-state index in [0.29, 0.717) is 6.42 Å². The summed E-state index contributed by atoms with van der Waals surface area (Å²) in [5.41, 5.74) is -1.09. The second-order valence-electron chi connectivity index (χ2n) is 16.4. The summed E-state index contributed by atoms with van der Waals surface area (Å²) in [5, 5.41) is 0. The minimum Gasteiger partial charge on any atom is -0.459 e. The molecule has 3 saturated heterocycles. The van der Waals surface area contributed by atoms with Gasteiger partial charge >= 0.3 is 17.9 Å². The van der Waals surface area contributed by atoms with Gasteiger partial charge in [0.2, 0.25) is 6.10 Å². The van der Waals surface area contributed by atoms with E-state index in [9.17, 15) is 14.4 Å². The lowest BCUT2D eigenvalue weighted by atomic mass is 9.46. The van der Waals surface area contributed by atoms with Gasteiger partial charge in [0, 0.05) is 5.41 Å². The molecule has 0 aromatic rings. The van der Waals surface area contributed by atoms with E-state index in [1.165, 1.54) is 38.5 Å². The fraction of sp³-hybridized carbons (Fsp3) is 0.912. The highest BCUT2D eigenvalue weighted by Gasteiger charge is 2.64. The summed E-state index contributed by atoms with van der Waals surface area (Å²) in [4.78, 5) is 36.8. The van der Waals surface area contributed by atoms with Crippen LogP contribution in [0.25, 0.3) is 0 Å². The van der Waals surface area contributed by atoms with Crippen LogP contribution < -0.4 is 0 Å². The van der Waals surface area contributed by atoms with Crippen LogP contribution in [0.2, 0.25) is 0 Å². The average Bonchev–Trinajstić information content (AvgIpc) is 3.48. The van der Waals surface area contributed by atoms with Crippen molar-refractivity contribution in [3.05, 3.63) is 0 Å². The maximum atomic E-state index is 12.6. The Morgan fingerprint density at radius 1 is 0.791 bits per heavy atom. The first-order chi connectivity index (χ1) is 19.8. The third-order valence-electron chi connectivity index (χ3n) is 11.6. The predicted octanol–water partition coefficient (Wildman–Crippen LogP) is 6.10. The molecule has 5 atom stereocenters. The molecule has 0 aromatic heterocycles. The average molecular weight is 607 g/mol. The molecule has 0 aromatic carbocycles. The number of ether oxygens (including phenoxy) is 6. The molecule has 244 valence electrons. The van der Waals surface area contributed by atoms with E-state index in [-0.39, 0.29) is 22.4 Å². The number of rotatable bonds is 7. The van der Waals surface area contributed by atoms with Crippen molar-refractivity contribution in [3.63, 3.8) is 0 Å². The molecule has 0 spiro atoms. The predicted molar refractivity (Wildman–Crippen MR) is 157 cm³/mol. The maximum absolute atomic E-state index is 12.6. The lowest BCUT2D eigenvalue weighted by molar-refractivity contribution is -0.217. The summed E-state index contributed by atoms with van der Waals surface area (Å²) in [5.74, 6) is 0.856. The molecule has 7 rings (SSSR count). The van der Waals surface area contributed by atoms with Crippen molar-refractivity contribution in [1.82, 2.24) is 0 Å². The Balaban J connectivity index is 0.000000171. The normalized spacial score (nSPS) is 39.0. The van der Waals surface area contributed by atoms with Crippen LogP contribution in [-0.4, -0.2) is 60.0 Å². The monoisotopic (exact) mass is 606 g/mol. The van der Waals surface area contributed by atoms with Gasteiger partial charge in [0.05, 0.1) is 10.8 Å². The third-order valence-corrected chi connectivity index (χ3v) is 11.6. The number of hydrogen-bond donors (Lipinski definition) is 0. The molecule has 1 unspecified atom stereocenters. The largest absolute Gasteiger partial charge is 0.459 e. The Kier molecular flexibility index (Phi) is 8.34. The number of fused-ring (bicyclic) bond motifs is 3. The van der Waals surface area contributed by atoms with Crippen molar-refractivity contribution in [2.45, 2.75) is 163 Å². The fourth-order valence-corrected chi connectivity index (χ4v) is 8.22. The molecule has 43 heavy (non-hydrogen) atoms. The lowest BCUT2D eigenvalue weighted by Gasteiger charge is -2.61. The standard InChI is InChI=1S/C19H32O2.C15H22O7/c1-6-17(2,3)16(20)21-18(4,5)19-10-13-7-14(11-19)9-15(8-13)12-19;1-6-14(2,3)13(17)20-9-7-8(18-11(9)16)10-12(19-7)22-15(4,5)21-10/h13-15H,6-12H2,1-5H3;7-10,12H,6H2,1-5H3/t;7?,8-,9-,10+,12+/m.0/s1. The third kappa shape index (κ3) is 5.99. The Labute approximate surface area is 257 Å². The van der Waals surface area contributed by atoms with Gasteiger partial charge in [-0.05, 0) is 125 Å². The van der Waals surface area contributed by atoms with Crippen molar-refractivity contribution in [2.75, 3.05) is 0 Å². The van der Waals surface area contributed by atoms with Gasteiger partial charge in [0.15, 0.2) is 24.3 Å². The van der Waals surface area contributed by atoms with Crippen LogP contribution in [0.15, 0.2) is 0 Å². The number of esters is 3. The highest BCUT2D eigenvalue weighted by molar-refractivity contribution is 5.84. The minimum atomic E-state index is -1.07. The van der Waals surface area contributed by atoms with E-state index in [0.717, 1.165) is 24.2 Å². The molecule has 4 saturated carbocycles. The van der Waals surface area contributed by atoms with Gasteiger partial charge < -0.3 is 28.4 Å². The number of carbonyl (C=O) groups is 3. The molecule has 7 fully saturated rings. The molecular formula is C34H54O9. The topological polar surface area (TPSA) is 107 Å². The molecule has 3 heterocycles. The van der Waals surface area contributed by atoms with Crippen LogP contribution in [0.3, 0.4) is 0 Å². The van der Waals surface area contributed by atoms with Crippen molar-refractivity contribution < 1.29 is 42.8 Å². The minimum absolute atomic E-state index is 0.00857. The fourth-order valence-electron chi connectivity index (χ4n) is 8.22. The lowest BCUT2D eigenvalue weighted by Crippen LogP contribution is -2.58. The Morgan fingerprint density at radius 3 is 1.81 bits per heavy atom. The van der Waals surface area contributed by atoms with Crippen molar-refractivity contribution in [2.24, 2.45) is 34.0 Å². The molecule has 7 aliphatic rings. The summed E-state index contributed by atoms with van der Waals surface area (Å²) in [7, 11) is 0. The summed E-state index contributed by atoms with van der Waals surface area (Å²) < 4.78 is 33.8. The Morgan fingerprint density at radius 2 is 1.30 bits per heavy atom. The molecule has 3 aliphatic heterocycles. The molecule has 0 radical (unpaired) electrons. The first-order valence-corrected chi connectivity index (χ1v) is 16.5. The first kappa shape index (κ1) is 32.7. The maximum Gasteiger partial charge on any atom is 0.350 e. The molecule has 4 bridgehead atoms. The summed E-state index contributed by atoms with van der Waals surface area (Å²) in [6, 6.07) is 0. The zero-order chi connectivity index (χ0) is 31.8. The van der Waals surface area contributed by atoms with Gasteiger partial charge in [0.1, 0.15) is 11.7 Å². The van der Waals surface area contributed by atoms with Crippen molar-refractivity contribution in [3.8, 4) is 0 Å². The van der Waals surface area contributed by atoms with E-state index >= 15 is 0 Å². The van der Waals surface area contributed by atoms with E-state index < -0.39 is 53.8 Å². The first-order valence-electron chi connectivity index (χ1n) is 16.5. The van der Waals surface area contributed by atoms with Crippen LogP contribution in [0, 0.1) is 34.0 Å². The van der Waals surface area contributed by atoms with Crippen LogP contribution in [-0.2, 0) is 42.8 Å². The molecule has 9 heteroatoms. The van der Waals surface area contributed by atoms with Crippen LogP contribution in [0.5, 0.6) is 0 Å². The number of carbonyl (C=O) groups excluding carboxylic acids is 3. The van der Waals surface area contributed by atoms with E-state index in [4.69, 9.17) is 28.4 Å². The zero-order valence-electron chi connectivity index (χ0n) is 27.9. The highest BCUT2D eigenvalue weighted by atomic mass is 16.9. The van der Waals surface area contributed by atoms with Crippen LogP contribution in [0.4, 0.5) is 0 Å². The molecular weight excluding hydrogens is 552 g/mol. The van der Waals surface area contributed by atoms with E-state index in [1.807, 2.05) is 20.8 Å².